The van der Waals surface area contributed by atoms with Gasteiger partial charge in [-0.3, -0.25) is 0 Å². The number of unbranched alkanes of at least 4 members (excludes halogenated alkanes) is 30. The van der Waals surface area contributed by atoms with Crippen LogP contribution in [0.25, 0.3) is 0 Å². The first kappa shape index (κ1) is 73.8. The summed E-state index contributed by atoms with van der Waals surface area (Å²) in [6.45, 7) is 26.0. The predicted molar refractivity (Wildman–Crippen MR) is 346 cm³/mol. The number of benzene rings is 2. The number of aromatic hydroxyl groups is 2. The average molecular weight is 1060 g/mol. The number of phenols is 2. The van der Waals surface area contributed by atoms with E-state index >= 15 is 0 Å². The summed E-state index contributed by atoms with van der Waals surface area (Å²) < 4.78 is 0. The molecule has 0 aromatic heterocycles. The van der Waals surface area contributed by atoms with Gasteiger partial charge in [0.05, 0.1) is 0 Å². The third-order valence-electron chi connectivity index (χ3n) is 17.1. The van der Waals surface area contributed by atoms with Crippen molar-refractivity contribution in [1.29, 1.82) is 0 Å². The molecule has 2 rings (SSSR count). The van der Waals surface area contributed by atoms with Crippen molar-refractivity contribution in [2.75, 3.05) is 0 Å². The highest BCUT2D eigenvalue weighted by Gasteiger charge is 2.30. The molecule has 0 fully saturated rings. The molecule has 2 aromatic carbocycles. The van der Waals surface area contributed by atoms with Gasteiger partial charge in [-0.15, -0.1) is 0 Å². The fraction of sp³-hybridized carbons (Fsp3) is 0.811. The van der Waals surface area contributed by atoms with E-state index in [0.29, 0.717) is 11.5 Å². The van der Waals surface area contributed by atoms with Gasteiger partial charge in [-0.1, -0.05) is 355 Å². The molecular weight excluding hydrogens is 921 g/mol. The molecule has 2 nitrogen and oxygen atoms in total. The van der Waals surface area contributed by atoms with Gasteiger partial charge in [0.15, 0.2) is 0 Å². The first-order valence-electron chi connectivity index (χ1n) is 34.2. The number of para-hydroxylation sites is 1. The highest BCUT2D eigenvalue weighted by atomic mass is 16.3. The van der Waals surface area contributed by atoms with Gasteiger partial charge in [-0.05, 0) is 104 Å². The lowest BCUT2D eigenvalue weighted by atomic mass is 9.69. The summed E-state index contributed by atoms with van der Waals surface area (Å²) in [4.78, 5) is 0. The number of phenolic OH excluding ortho intramolecular Hbond substituents is 2. The fourth-order valence-corrected chi connectivity index (χ4v) is 12.2. The largest absolute Gasteiger partial charge is 1.00 e. The van der Waals surface area contributed by atoms with Gasteiger partial charge in [-0.25, -0.2) is 0 Å². The third-order valence-corrected chi connectivity index (χ3v) is 17.1. The van der Waals surface area contributed by atoms with Crippen LogP contribution in [0.2, 0.25) is 0 Å². The van der Waals surface area contributed by atoms with Crippen LogP contribution in [0.1, 0.15) is 365 Å². The van der Waals surface area contributed by atoms with Crippen LogP contribution in [0.3, 0.4) is 0 Å². The van der Waals surface area contributed by atoms with Gasteiger partial charge in [0.1, 0.15) is 11.5 Å². The number of hydrogen-bond acceptors (Lipinski definition) is 2. The number of rotatable bonds is 51. The molecule has 444 valence electrons. The lowest BCUT2D eigenvalue weighted by Crippen LogP contribution is -2.27. The Bertz CT molecular complexity index is 1460. The van der Waals surface area contributed by atoms with Crippen molar-refractivity contribution in [2.45, 2.75) is 363 Å². The molecule has 0 spiro atoms. The van der Waals surface area contributed by atoms with Crippen molar-refractivity contribution in [3.63, 3.8) is 0 Å². The number of allylic oxidation sites excluding steroid dienone is 1. The maximum Gasteiger partial charge on any atom is 1.00 e. The Balaban J connectivity index is 0. The van der Waals surface area contributed by atoms with Crippen molar-refractivity contribution >= 4 is 0 Å². The van der Waals surface area contributed by atoms with Gasteiger partial charge in [0, 0.05) is 0 Å². The minimum absolute atomic E-state index is 0. The summed E-state index contributed by atoms with van der Waals surface area (Å²) in [5.41, 5.74) is 3.21. The molecule has 0 bridgehead atoms. The minimum Gasteiger partial charge on any atom is -0.508 e. The lowest BCUT2D eigenvalue weighted by molar-refractivity contribution is 0.248. The van der Waals surface area contributed by atoms with E-state index < -0.39 is 0 Å². The van der Waals surface area contributed by atoms with E-state index in [-0.39, 0.29) is 6.84 Å². The molecule has 5 atom stereocenters. The quantitative estimate of drug-likeness (QED) is 0.0512. The third kappa shape index (κ3) is 46.7. The molecule has 2 N–H and O–H groups in total. The molecule has 76 heavy (non-hydrogen) atoms. The molecule has 0 aliphatic rings. The second-order valence-corrected chi connectivity index (χ2v) is 25.3. The molecule has 0 aliphatic carbocycles. The molecule has 0 saturated heterocycles. The normalized spacial score (nSPS) is 13.7. The predicted octanol–water partition coefficient (Wildman–Crippen LogP) is 26.3. The van der Waals surface area contributed by atoms with Gasteiger partial charge in [0.2, 0.25) is 0 Å². The summed E-state index contributed by atoms with van der Waals surface area (Å²) in [6.07, 6.45) is 64.3. The molecule has 0 saturated carbocycles. The van der Waals surface area contributed by atoms with Crippen molar-refractivity contribution in [3.05, 3.63) is 72.3 Å². The van der Waals surface area contributed by atoms with E-state index in [4.69, 9.17) is 5.11 Å². The zero-order valence-electron chi connectivity index (χ0n) is 54.1. The van der Waals surface area contributed by atoms with Crippen molar-refractivity contribution in [2.24, 2.45) is 23.7 Å². The van der Waals surface area contributed by atoms with Crippen LogP contribution in [-0.2, 0) is 5.41 Å². The van der Waals surface area contributed by atoms with E-state index in [2.05, 4.69) is 81.0 Å². The smallest absolute Gasteiger partial charge is 0.508 e. The molecule has 0 amide bonds. The maximum atomic E-state index is 9.98. The SMILES string of the molecule is C=C(CCCCCCCC)CC(CCCCCCCC)CC(C)CCCCCCCC.CCCCCCCCC(C)CC(CCCCCCCC)CC(C)(CCCCCCCC)c1ccc(O)cc1.Oc1ccccc1.[H+]. The molecule has 0 aliphatic heterocycles. The highest BCUT2D eigenvalue weighted by Crippen LogP contribution is 2.41. The zero-order chi connectivity index (χ0) is 56.0. The fourth-order valence-electron chi connectivity index (χ4n) is 12.2. The van der Waals surface area contributed by atoms with Gasteiger partial charge in [0.25, 0.3) is 0 Å². The Labute approximate surface area is 480 Å². The average Bonchev–Trinajstić information content (AvgIpc) is 3.40. The van der Waals surface area contributed by atoms with Gasteiger partial charge < -0.3 is 10.2 Å². The van der Waals surface area contributed by atoms with Crippen molar-refractivity contribution in [3.8, 4) is 11.5 Å². The second kappa shape index (κ2) is 54.7. The van der Waals surface area contributed by atoms with E-state index in [1.54, 1.807) is 29.8 Å². The summed E-state index contributed by atoms with van der Waals surface area (Å²) in [7, 11) is 0. The Morgan fingerprint density at radius 1 is 0.408 bits per heavy atom. The van der Waals surface area contributed by atoms with Crippen molar-refractivity contribution in [1.82, 2.24) is 0 Å². The van der Waals surface area contributed by atoms with Crippen molar-refractivity contribution < 1.29 is 11.6 Å². The van der Waals surface area contributed by atoms with Crippen LogP contribution in [0.4, 0.5) is 0 Å². The minimum atomic E-state index is 0. The topological polar surface area (TPSA) is 40.5 Å². The van der Waals surface area contributed by atoms with E-state index in [1.807, 2.05) is 18.2 Å². The Morgan fingerprint density at radius 3 is 1.13 bits per heavy atom. The van der Waals surface area contributed by atoms with E-state index in [9.17, 15) is 5.11 Å². The zero-order valence-corrected chi connectivity index (χ0v) is 53.1. The molecule has 2 aromatic rings. The molecule has 5 unspecified atom stereocenters. The van der Waals surface area contributed by atoms with Crippen LogP contribution < -0.4 is 0 Å². The lowest BCUT2D eigenvalue weighted by Gasteiger charge is -2.35. The van der Waals surface area contributed by atoms with Gasteiger partial charge >= 0.3 is 1.43 Å². The molecule has 2 heteroatoms. The Morgan fingerprint density at radius 2 is 0.737 bits per heavy atom. The molecule has 0 heterocycles. The highest BCUT2D eigenvalue weighted by molar-refractivity contribution is 5.31. The Hall–Kier alpha value is -2.22. The van der Waals surface area contributed by atoms with Crippen LogP contribution in [-0.4, -0.2) is 10.2 Å². The van der Waals surface area contributed by atoms with E-state index in [0.717, 1.165) is 23.7 Å². The van der Waals surface area contributed by atoms with Gasteiger partial charge in [-0.2, -0.15) is 0 Å². The van der Waals surface area contributed by atoms with Crippen LogP contribution in [0, 0.1) is 23.7 Å². The molecule has 0 radical (unpaired) electrons. The second-order valence-electron chi connectivity index (χ2n) is 25.3. The van der Waals surface area contributed by atoms with Crippen LogP contribution in [0.5, 0.6) is 11.5 Å². The summed E-state index contributed by atoms with van der Waals surface area (Å²) in [5, 5.41) is 18.6. The summed E-state index contributed by atoms with van der Waals surface area (Å²) >= 11 is 0. The summed E-state index contributed by atoms with van der Waals surface area (Å²) in [5.74, 6) is 4.17. The maximum absolute atomic E-state index is 9.98. The van der Waals surface area contributed by atoms with Crippen LogP contribution >= 0.6 is 0 Å². The van der Waals surface area contributed by atoms with E-state index in [1.165, 1.54) is 301 Å². The summed E-state index contributed by atoms with van der Waals surface area (Å²) in [6, 6.07) is 17.0. The molecular formula is C74H137O2+. The Kier molecular flexibility index (Phi) is 53.1. The first-order valence-corrected chi connectivity index (χ1v) is 34.2. The number of hydrogen-bond donors (Lipinski definition) is 2. The van der Waals surface area contributed by atoms with Crippen LogP contribution in [0.15, 0.2) is 66.7 Å². The first-order chi connectivity index (χ1) is 37.0. The standard InChI is InChI=1S/C37H68O.C31H62.C6H6O/c1-6-9-12-15-18-21-24-33(4)31-34(25-22-19-16-13-10-7-2)32-37(5,30-23-20-17-14-11-8-3)35-26-28-36(38)29-27-35;1-6-9-12-15-18-21-24-29(4)27-31(26-23-20-17-14-11-8-3)28-30(5)25-22-19-16-13-10-7-2;7-6-4-2-1-3-5-6/h26-29,33-34,38H,6-25,30-32H2,1-5H3;30-31H,4,6-28H2,1-3,5H3;1-5,7H/p+1. The monoisotopic (exact) mass is 1060 g/mol.